The number of likely N-dealkylation sites (N-methyl/N-ethyl adjacent to an activating group) is 1. The van der Waals surface area contributed by atoms with Crippen molar-refractivity contribution in [1.82, 2.24) is 5.32 Å². The van der Waals surface area contributed by atoms with Gasteiger partial charge in [0.2, 0.25) is 0 Å². The molecule has 0 rings (SSSR count). The van der Waals surface area contributed by atoms with Crippen LogP contribution in [0.2, 0.25) is 0 Å². The first-order valence-electron chi connectivity index (χ1n) is 7.87. The van der Waals surface area contributed by atoms with E-state index in [1.807, 2.05) is 0 Å². The van der Waals surface area contributed by atoms with Crippen LogP contribution in [0.5, 0.6) is 0 Å². The lowest BCUT2D eigenvalue weighted by Gasteiger charge is -2.33. The maximum Gasteiger partial charge on any atom is 0.466 e. The summed E-state index contributed by atoms with van der Waals surface area (Å²) in [5.74, 6) is -13.5. The minimum atomic E-state index is -6.54. The van der Waals surface area contributed by atoms with Crippen molar-refractivity contribution in [2.24, 2.45) is 0 Å². The Morgan fingerprint density at radius 1 is 1.10 bits per heavy atom. The Bertz CT molecular complexity index is 767. The zero-order valence-electron chi connectivity index (χ0n) is 15.5. The van der Waals surface area contributed by atoms with Crippen molar-refractivity contribution in [3.63, 3.8) is 0 Å². The van der Waals surface area contributed by atoms with Gasteiger partial charge in [-0.2, -0.15) is 39.2 Å². The van der Waals surface area contributed by atoms with Crippen molar-refractivity contribution in [2.75, 3.05) is 13.2 Å². The third-order valence-corrected chi connectivity index (χ3v) is 4.23. The molecule has 1 atom stereocenters. The Labute approximate surface area is 166 Å². The fourth-order valence-corrected chi connectivity index (χ4v) is 2.23. The monoisotopic (exact) mass is 477 g/mol. The first-order chi connectivity index (χ1) is 13.3. The highest BCUT2D eigenvalue weighted by Crippen LogP contribution is 2.42. The molecule has 30 heavy (non-hydrogen) atoms. The van der Waals surface area contributed by atoms with E-state index in [1.54, 1.807) is 5.32 Å². The average Bonchev–Trinajstić information content (AvgIpc) is 2.55. The van der Waals surface area contributed by atoms with E-state index in [4.69, 9.17) is 4.55 Å². The molecule has 176 valence electrons. The Morgan fingerprint density at radius 2 is 1.60 bits per heavy atom. The summed E-state index contributed by atoms with van der Waals surface area (Å²) in [6.07, 6.45) is -9.17. The summed E-state index contributed by atoms with van der Waals surface area (Å²) in [6.45, 7) is 3.23. The summed E-state index contributed by atoms with van der Waals surface area (Å²) < 4.78 is 131. The number of alkyl halides is 7. The van der Waals surface area contributed by atoms with E-state index < -0.39 is 76.7 Å². The van der Waals surface area contributed by atoms with Crippen LogP contribution in [0.25, 0.3) is 0 Å². The molecule has 0 radical (unpaired) electrons. The molecule has 0 heterocycles. The van der Waals surface area contributed by atoms with E-state index >= 15 is 0 Å². The van der Waals surface area contributed by atoms with Crippen LogP contribution in [0.15, 0.2) is 12.2 Å². The van der Waals surface area contributed by atoms with E-state index in [-0.39, 0.29) is 0 Å². The zero-order chi connectivity index (χ0) is 24.2. The minimum absolute atomic E-state index is 0.400. The van der Waals surface area contributed by atoms with Gasteiger partial charge in [0.15, 0.2) is 0 Å². The maximum atomic E-state index is 13.5. The highest BCUT2D eigenvalue weighted by Gasteiger charge is 2.67. The zero-order valence-corrected chi connectivity index (χ0v) is 16.3. The van der Waals surface area contributed by atoms with Gasteiger partial charge in [0.1, 0.15) is 0 Å². The van der Waals surface area contributed by atoms with Gasteiger partial charge in [0.25, 0.3) is 0 Å². The van der Waals surface area contributed by atoms with Crippen LogP contribution in [0.3, 0.4) is 0 Å². The molecule has 0 spiro atoms. The first kappa shape index (κ1) is 28.1. The van der Waals surface area contributed by atoms with Crippen molar-refractivity contribution in [1.29, 1.82) is 0 Å². The molecular formula is C14H18F7NO7S. The highest BCUT2D eigenvalue weighted by molar-refractivity contribution is 7.87. The number of esters is 1. The van der Waals surface area contributed by atoms with Crippen LogP contribution in [0.1, 0.15) is 26.7 Å². The molecule has 16 heteroatoms. The van der Waals surface area contributed by atoms with E-state index in [2.05, 4.69) is 16.1 Å². The molecule has 1 unspecified atom stereocenters. The second kappa shape index (κ2) is 9.47. The van der Waals surface area contributed by atoms with E-state index in [1.165, 1.54) is 6.92 Å². The minimum Gasteiger partial charge on any atom is -0.412 e. The lowest BCUT2D eigenvalue weighted by Crippen LogP contribution is -2.61. The van der Waals surface area contributed by atoms with Crippen LogP contribution < -0.4 is 5.32 Å². The van der Waals surface area contributed by atoms with E-state index in [9.17, 15) is 48.7 Å². The van der Waals surface area contributed by atoms with E-state index in [0.717, 1.165) is 6.92 Å². The van der Waals surface area contributed by atoms with Gasteiger partial charge in [0, 0.05) is 18.5 Å². The molecule has 0 aromatic carbocycles. The SMILES string of the molecule is C=C(C)C(=O)OC(OCCCC(F)(F)C(F)(F)S(=O)(=O)O)(C(=O)NCC)C(F)(F)F. The average molecular weight is 477 g/mol. The van der Waals surface area contributed by atoms with Crippen molar-refractivity contribution in [3.8, 4) is 0 Å². The fourth-order valence-electron chi connectivity index (χ4n) is 1.75. The second-order valence-corrected chi connectivity index (χ2v) is 7.25. The van der Waals surface area contributed by atoms with Gasteiger partial charge in [-0.05, 0) is 20.3 Å². The Balaban J connectivity index is 5.67. The van der Waals surface area contributed by atoms with Gasteiger partial charge in [-0.1, -0.05) is 6.58 Å². The number of hydrogen-bond donors (Lipinski definition) is 2. The number of halogens is 7. The molecule has 0 bridgehead atoms. The van der Waals surface area contributed by atoms with Crippen molar-refractivity contribution in [3.05, 3.63) is 12.2 Å². The topological polar surface area (TPSA) is 119 Å². The molecule has 0 aliphatic rings. The third kappa shape index (κ3) is 6.04. The van der Waals surface area contributed by atoms with Crippen LogP contribution in [0, 0.1) is 0 Å². The number of amides is 1. The Kier molecular flexibility index (Phi) is 8.85. The van der Waals surface area contributed by atoms with Crippen molar-refractivity contribution < 1.29 is 62.8 Å². The summed E-state index contributed by atoms with van der Waals surface area (Å²) in [6, 6.07) is 0. The molecular weight excluding hydrogens is 459 g/mol. The predicted molar refractivity (Wildman–Crippen MR) is 85.0 cm³/mol. The number of ether oxygens (including phenoxy) is 2. The van der Waals surface area contributed by atoms with Gasteiger partial charge < -0.3 is 14.8 Å². The lowest BCUT2D eigenvalue weighted by atomic mass is 10.2. The molecule has 0 aliphatic carbocycles. The van der Waals surface area contributed by atoms with Crippen LogP contribution in [-0.2, 0) is 29.2 Å². The standard InChI is InChI=1S/C14H18F7NO7S/c1-4-22-10(24)12(13(17,18)19,29-9(23)8(2)3)28-7-5-6-11(15,16)14(20,21)30(25,26)27/h2,4-7H2,1,3H3,(H,22,24)(H,25,26,27). The Hall–Kier alpha value is -1.94. The Morgan fingerprint density at radius 3 is 1.97 bits per heavy atom. The van der Waals surface area contributed by atoms with Crippen molar-refractivity contribution in [2.45, 2.75) is 49.8 Å². The summed E-state index contributed by atoms with van der Waals surface area (Å²) >= 11 is 0. The molecule has 2 N–H and O–H groups in total. The summed E-state index contributed by atoms with van der Waals surface area (Å²) in [7, 11) is -6.54. The van der Waals surface area contributed by atoms with Gasteiger partial charge in [0.05, 0.1) is 6.61 Å². The smallest absolute Gasteiger partial charge is 0.412 e. The molecule has 8 nitrogen and oxygen atoms in total. The molecule has 0 fully saturated rings. The molecule has 0 saturated heterocycles. The van der Waals surface area contributed by atoms with Crippen LogP contribution in [0.4, 0.5) is 30.7 Å². The van der Waals surface area contributed by atoms with Gasteiger partial charge in [-0.25, -0.2) is 4.79 Å². The number of nitrogens with one attached hydrogen (secondary N) is 1. The fraction of sp³-hybridized carbons (Fsp3) is 0.714. The molecule has 0 aliphatic heterocycles. The lowest BCUT2D eigenvalue weighted by molar-refractivity contribution is -0.347. The molecule has 0 saturated carbocycles. The van der Waals surface area contributed by atoms with Gasteiger partial charge >= 0.3 is 45.1 Å². The number of rotatable bonds is 11. The van der Waals surface area contributed by atoms with Crippen LogP contribution in [-0.4, -0.2) is 61.1 Å². The molecule has 0 aromatic heterocycles. The van der Waals surface area contributed by atoms with Crippen molar-refractivity contribution >= 4 is 22.0 Å². The molecule has 1 amide bonds. The normalized spacial score (nSPS) is 15.3. The number of carbonyl (C=O) groups excluding carboxylic acids is 2. The first-order valence-corrected chi connectivity index (χ1v) is 9.31. The highest BCUT2D eigenvalue weighted by atomic mass is 32.2. The quantitative estimate of drug-likeness (QED) is 0.117. The number of carbonyl (C=O) groups is 2. The summed E-state index contributed by atoms with van der Waals surface area (Å²) in [5.41, 5.74) is -0.587. The summed E-state index contributed by atoms with van der Waals surface area (Å²) in [5, 5.41) is -4.27. The predicted octanol–water partition coefficient (Wildman–Crippen LogP) is 2.41. The maximum absolute atomic E-state index is 13.5. The third-order valence-electron chi connectivity index (χ3n) is 3.28. The van der Waals surface area contributed by atoms with Crippen LogP contribution >= 0.6 is 0 Å². The van der Waals surface area contributed by atoms with E-state index in [0.29, 0.717) is 0 Å². The van der Waals surface area contributed by atoms with Gasteiger partial charge in [-0.15, -0.1) is 0 Å². The second-order valence-electron chi connectivity index (χ2n) is 5.79. The van der Waals surface area contributed by atoms with Gasteiger partial charge in [-0.3, -0.25) is 9.35 Å². The largest absolute Gasteiger partial charge is 0.466 e. The summed E-state index contributed by atoms with van der Waals surface area (Å²) in [4.78, 5) is 23.5. The molecule has 0 aromatic rings. The number of hydrogen-bond acceptors (Lipinski definition) is 6.